The minimum absolute atomic E-state index is 0.945. The van der Waals surface area contributed by atoms with Gasteiger partial charge in [-0.2, -0.15) is 0 Å². The standard InChI is InChI=1S/C15H18N2O/c1-4-13-7-5-6-8-15(13)17-11(2)9-14(10-16-18)12(17)3/h5-10,18H,4H2,1-3H3. The molecule has 1 heterocycles. The van der Waals surface area contributed by atoms with Gasteiger partial charge in [0.2, 0.25) is 0 Å². The predicted molar refractivity (Wildman–Crippen MR) is 74.0 cm³/mol. The van der Waals surface area contributed by atoms with Crippen LogP contribution in [0.4, 0.5) is 0 Å². The Morgan fingerprint density at radius 3 is 2.67 bits per heavy atom. The molecule has 0 atom stereocenters. The van der Waals surface area contributed by atoms with Crippen LogP contribution in [0.5, 0.6) is 0 Å². The summed E-state index contributed by atoms with van der Waals surface area (Å²) < 4.78 is 2.20. The normalized spacial score (nSPS) is 11.3. The number of hydrogen-bond acceptors (Lipinski definition) is 2. The van der Waals surface area contributed by atoms with Gasteiger partial charge >= 0.3 is 0 Å². The topological polar surface area (TPSA) is 37.5 Å². The second-order valence-corrected chi connectivity index (χ2v) is 4.39. The summed E-state index contributed by atoms with van der Waals surface area (Å²) in [5.74, 6) is 0. The number of nitrogens with zero attached hydrogens (tertiary/aromatic N) is 2. The first kappa shape index (κ1) is 12.4. The summed E-state index contributed by atoms with van der Waals surface area (Å²) in [4.78, 5) is 0. The molecule has 94 valence electrons. The lowest BCUT2D eigenvalue weighted by atomic mass is 10.1. The van der Waals surface area contributed by atoms with Crippen LogP contribution in [-0.2, 0) is 6.42 Å². The summed E-state index contributed by atoms with van der Waals surface area (Å²) in [6, 6.07) is 10.4. The van der Waals surface area contributed by atoms with E-state index in [4.69, 9.17) is 5.21 Å². The van der Waals surface area contributed by atoms with Crippen molar-refractivity contribution in [3.63, 3.8) is 0 Å². The molecule has 0 radical (unpaired) electrons. The first-order valence-electron chi connectivity index (χ1n) is 6.13. The van der Waals surface area contributed by atoms with E-state index in [1.54, 1.807) is 0 Å². The molecule has 3 heteroatoms. The van der Waals surface area contributed by atoms with Gasteiger partial charge in [0.05, 0.1) is 6.21 Å². The first-order valence-corrected chi connectivity index (χ1v) is 6.13. The van der Waals surface area contributed by atoms with Crippen molar-refractivity contribution in [2.75, 3.05) is 0 Å². The van der Waals surface area contributed by atoms with Crippen molar-refractivity contribution in [3.8, 4) is 5.69 Å². The van der Waals surface area contributed by atoms with Crippen LogP contribution in [0, 0.1) is 13.8 Å². The third kappa shape index (κ3) is 2.04. The molecular formula is C15H18N2O. The SMILES string of the molecule is CCc1ccccc1-n1c(C)cc(C=NO)c1C. The van der Waals surface area contributed by atoms with Crippen LogP contribution in [0.3, 0.4) is 0 Å². The van der Waals surface area contributed by atoms with Crippen molar-refractivity contribution in [2.45, 2.75) is 27.2 Å². The molecule has 2 aromatic rings. The number of rotatable bonds is 3. The number of para-hydroxylation sites is 1. The highest BCUT2D eigenvalue weighted by Gasteiger charge is 2.11. The summed E-state index contributed by atoms with van der Waals surface area (Å²) in [5.41, 5.74) is 5.69. The van der Waals surface area contributed by atoms with Gasteiger partial charge in [-0.05, 0) is 38.0 Å². The van der Waals surface area contributed by atoms with Gasteiger partial charge in [-0.3, -0.25) is 0 Å². The van der Waals surface area contributed by atoms with E-state index in [-0.39, 0.29) is 0 Å². The van der Waals surface area contributed by atoms with Gasteiger partial charge in [0.25, 0.3) is 0 Å². The molecule has 0 aliphatic carbocycles. The Kier molecular flexibility index (Phi) is 3.51. The Labute approximate surface area is 107 Å². The lowest BCUT2D eigenvalue weighted by molar-refractivity contribution is 0.322. The number of hydrogen-bond donors (Lipinski definition) is 1. The van der Waals surface area contributed by atoms with E-state index in [1.807, 2.05) is 19.1 Å². The number of aromatic nitrogens is 1. The molecule has 2 rings (SSSR count). The molecule has 0 saturated heterocycles. The number of aryl methyl sites for hydroxylation is 2. The zero-order valence-corrected chi connectivity index (χ0v) is 11.0. The fourth-order valence-corrected chi connectivity index (χ4v) is 2.38. The molecule has 0 bridgehead atoms. The van der Waals surface area contributed by atoms with Crippen LogP contribution in [0.2, 0.25) is 0 Å². The Hall–Kier alpha value is -2.03. The van der Waals surface area contributed by atoms with Gasteiger partial charge in [-0.25, -0.2) is 0 Å². The van der Waals surface area contributed by atoms with Gasteiger partial charge in [0.1, 0.15) is 0 Å². The number of oxime groups is 1. The maximum atomic E-state index is 8.68. The van der Waals surface area contributed by atoms with Crippen LogP contribution >= 0.6 is 0 Å². The lowest BCUT2D eigenvalue weighted by Gasteiger charge is -2.13. The predicted octanol–water partition coefficient (Wildman–Crippen LogP) is 3.46. The largest absolute Gasteiger partial charge is 0.411 e. The maximum absolute atomic E-state index is 8.68. The summed E-state index contributed by atoms with van der Waals surface area (Å²) in [5, 5.41) is 11.8. The molecule has 1 N–H and O–H groups in total. The highest BCUT2D eigenvalue weighted by Crippen LogP contribution is 2.23. The van der Waals surface area contributed by atoms with E-state index in [0.717, 1.165) is 23.4 Å². The molecular weight excluding hydrogens is 224 g/mol. The average Bonchev–Trinajstić information content (AvgIpc) is 2.65. The maximum Gasteiger partial charge on any atom is 0.0752 e. The second-order valence-electron chi connectivity index (χ2n) is 4.39. The summed E-state index contributed by atoms with van der Waals surface area (Å²) in [6.45, 7) is 6.26. The molecule has 0 unspecified atom stereocenters. The van der Waals surface area contributed by atoms with Crippen molar-refractivity contribution in [1.29, 1.82) is 0 Å². The zero-order valence-electron chi connectivity index (χ0n) is 11.0. The molecule has 1 aromatic heterocycles. The molecule has 0 aliphatic rings. The van der Waals surface area contributed by atoms with Gasteiger partial charge in [-0.15, -0.1) is 0 Å². The van der Waals surface area contributed by atoms with Crippen molar-refractivity contribution in [1.82, 2.24) is 4.57 Å². The van der Waals surface area contributed by atoms with Crippen molar-refractivity contribution in [3.05, 3.63) is 52.8 Å². The Balaban J connectivity index is 2.64. The fourth-order valence-electron chi connectivity index (χ4n) is 2.38. The Morgan fingerprint density at radius 2 is 2.00 bits per heavy atom. The quantitative estimate of drug-likeness (QED) is 0.499. The average molecular weight is 242 g/mol. The molecule has 0 aliphatic heterocycles. The molecule has 0 saturated carbocycles. The lowest BCUT2D eigenvalue weighted by Crippen LogP contribution is -2.03. The Morgan fingerprint density at radius 1 is 1.28 bits per heavy atom. The van der Waals surface area contributed by atoms with Crippen LogP contribution < -0.4 is 0 Å². The third-order valence-electron chi connectivity index (χ3n) is 3.28. The highest BCUT2D eigenvalue weighted by molar-refractivity contribution is 5.81. The van der Waals surface area contributed by atoms with Crippen molar-refractivity contribution < 1.29 is 5.21 Å². The Bertz CT molecular complexity index is 582. The molecule has 18 heavy (non-hydrogen) atoms. The molecule has 0 amide bonds. The van der Waals surface area contributed by atoms with Gasteiger partial charge in [0, 0.05) is 22.6 Å². The van der Waals surface area contributed by atoms with Gasteiger partial charge < -0.3 is 9.77 Å². The first-order chi connectivity index (χ1) is 8.69. The van der Waals surface area contributed by atoms with Gasteiger partial charge in [0.15, 0.2) is 0 Å². The van der Waals surface area contributed by atoms with Crippen LogP contribution in [0.25, 0.3) is 5.69 Å². The molecule has 3 nitrogen and oxygen atoms in total. The smallest absolute Gasteiger partial charge is 0.0752 e. The monoisotopic (exact) mass is 242 g/mol. The summed E-state index contributed by atoms with van der Waals surface area (Å²) in [7, 11) is 0. The number of benzene rings is 1. The fraction of sp³-hybridized carbons (Fsp3) is 0.267. The van der Waals surface area contributed by atoms with Crippen LogP contribution in [0.1, 0.15) is 29.4 Å². The second kappa shape index (κ2) is 5.08. The summed E-state index contributed by atoms with van der Waals surface area (Å²) in [6.07, 6.45) is 2.48. The van der Waals surface area contributed by atoms with E-state index >= 15 is 0 Å². The van der Waals surface area contributed by atoms with Gasteiger partial charge in [-0.1, -0.05) is 30.3 Å². The van der Waals surface area contributed by atoms with Crippen LogP contribution in [0.15, 0.2) is 35.5 Å². The van der Waals surface area contributed by atoms with E-state index in [2.05, 4.69) is 41.8 Å². The van der Waals surface area contributed by atoms with E-state index in [9.17, 15) is 0 Å². The van der Waals surface area contributed by atoms with Crippen molar-refractivity contribution in [2.24, 2.45) is 5.16 Å². The van der Waals surface area contributed by atoms with E-state index in [0.29, 0.717) is 0 Å². The minimum atomic E-state index is 0.945. The third-order valence-corrected chi connectivity index (χ3v) is 3.28. The summed E-state index contributed by atoms with van der Waals surface area (Å²) >= 11 is 0. The van der Waals surface area contributed by atoms with Crippen molar-refractivity contribution >= 4 is 6.21 Å². The highest BCUT2D eigenvalue weighted by atomic mass is 16.4. The van der Waals surface area contributed by atoms with E-state index < -0.39 is 0 Å². The molecule has 0 spiro atoms. The molecule has 1 aromatic carbocycles. The van der Waals surface area contributed by atoms with Crippen LogP contribution in [-0.4, -0.2) is 16.0 Å². The van der Waals surface area contributed by atoms with E-state index in [1.165, 1.54) is 17.5 Å². The molecule has 0 fully saturated rings. The zero-order chi connectivity index (χ0) is 13.1. The minimum Gasteiger partial charge on any atom is -0.411 e.